The monoisotopic (exact) mass is 454 g/mol. The van der Waals surface area contributed by atoms with E-state index in [1.807, 2.05) is 25.2 Å². The first-order chi connectivity index (χ1) is 15.3. The summed E-state index contributed by atoms with van der Waals surface area (Å²) in [5.74, 6) is 0. The smallest absolute Gasteiger partial charge is 0.242 e. The molecule has 0 aromatic heterocycles. The summed E-state index contributed by atoms with van der Waals surface area (Å²) in [7, 11) is 1.60. The third-order valence-electron chi connectivity index (χ3n) is 6.68. The highest BCUT2D eigenvalue weighted by molar-refractivity contribution is 7.89. The Kier molecular flexibility index (Phi) is 6.28. The second kappa shape index (κ2) is 8.83. The second-order valence-corrected chi connectivity index (χ2v) is 11.0. The van der Waals surface area contributed by atoms with E-state index in [0.29, 0.717) is 17.8 Å². The fraction of sp³-hybridized carbons (Fsp3) is 0.458. The molecule has 2 aliphatic rings. The number of nitriles is 1. The van der Waals surface area contributed by atoms with Gasteiger partial charge in [0.05, 0.1) is 28.3 Å². The molecule has 1 saturated heterocycles. The number of likely N-dealkylation sites (tertiary alicyclic amines) is 1. The number of sulfonamides is 1. The summed E-state index contributed by atoms with van der Waals surface area (Å²) in [5.41, 5.74) is 1.99. The second-order valence-electron chi connectivity index (χ2n) is 8.97. The van der Waals surface area contributed by atoms with Crippen LogP contribution in [0.5, 0.6) is 0 Å². The van der Waals surface area contributed by atoms with Gasteiger partial charge in [-0.05, 0) is 43.7 Å². The van der Waals surface area contributed by atoms with Gasteiger partial charge < -0.3 is 15.0 Å². The molecular formula is C24H30N4O3S. The zero-order chi connectivity index (χ0) is 22.9. The zero-order valence-electron chi connectivity index (χ0n) is 18.8. The summed E-state index contributed by atoms with van der Waals surface area (Å²) in [5, 5.41) is 13.1. The van der Waals surface area contributed by atoms with Gasteiger partial charge in [-0.3, -0.25) is 0 Å². The highest BCUT2D eigenvalue weighted by Crippen LogP contribution is 2.49. The van der Waals surface area contributed by atoms with E-state index < -0.39 is 10.0 Å². The molecule has 1 N–H and O–H groups in total. The number of nitrogens with one attached hydrogen (secondary N) is 1. The van der Waals surface area contributed by atoms with Crippen molar-refractivity contribution in [3.63, 3.8) is 0 Å². The van der Waals surface area contributed by atoms with E-state index >= 15 is 0 Å². The lowest BCUT2D eigenvalue weighted by Gasteiger charge is -2.24. The summed E-state index contributed by atoms with van der Waals surface area (Å²) < 4.78 is 33.6. The molecule has 8 heteroatoms. The molecule has 0 unspecified atom stereocenters. The van der Waals surface area contributed by atoms with Gasteiger partial charge in [-0.25, -0.2) is 12.7 Å². The number of methoxy groups -OCH3 is 1. The number of likely N-dealkylation sites (N-methyl/N-ethyl adjacent to an activating group) is 2. The average Bonchev–Trinajstić information content (AvgIpc) is 3.49. The minimum atomic E-state index is -3.72. The summed E-state index contributed by atoms with van der Waals surface area (Å²) in [4.78, 5) is 2.30. The molecule has 0 bridgehead atoms. The van der Waals surface area contributed by atoms with E-state index in [0.717, 1.165) is 25.9 Å². The number of anilines is 1. The van der Waals surface area contributed by atoms with Crippen molar-refractivity contribution in [2.45, 2.75) is 35.3 Å². The first-order valence-electron chi connectivity index (χ1n) is 10.8. The topological polar surface area (TPSA) is 85.7 Å². The lowest BCUT2D eigenvalue weighted by atomic mass is 9.96. The Morgan fingerprint density at radius 1 is 1.22 bits per heavy atom. The normalized spacial score (nSPS) is 22.6. The van der Waals surface area contributed by atoms with Crippen molar-refractivity contribution in [3.05, 3.63) is 59.7 Å². The highest BCUT2D eigenvalue weighted by Gasteiger charge is 2.46. The van der Waals surface area contributed by atoms with Gasteiger partial charge in [0, 0.05) is 39.2 Å². The van der Waals surface area contributed by atoms with Crippen molar-refractivity contribution in [1.29, 1.82) is 5.26 Å². The van der Waals surface area contributed by atoms with Crippen molar-refractivity contribution in [1.82, 2.24) is 9.21 Å². The molecule has 1 aliphatic heterocycles. The van der Waals surface area contributed by atoms with Crippen LogP contribution in [0.2, 0.25) is 0 Å². The van der Waals surface area contributed by atoms with Gasteiger partial charge in [-0.15, -0.1) is 0 Å². The Bertz CT molecular complexity index is 1110. The van der Waals surface area contributed by atoms with Crippen LogP contribution in [0.4, 0.5) is 5.69 Å². The molecule has 0 spiro atoms. The molecule has 7 nitrogen and oxygen atoms in total. The average molecular weight is 455 g/mol. The van der Waals surface area contributed by atoms with Crippen LogP contribution in [-0.4, -0.2) is 70.6 Å². The maximum Gasteiger partial charge on any atom is 0.242 e. The molecule has 0 amide bonds. The molecule has 2 fully saturated rings. The number of hydrogen-bond donors (Lipinski definition) is 1. The van der Waals surface area contributed by atoms with Crippen molar-refractivity contribution >= 4 is 15.7 Å². The van der Waals surface area contributed by atoms with Gasteiger partial charge >= 0.3 is 0 Å². The largest absolute Gasteiger partial charge is 0.378 e. The van der Waals surface area contributed by atoms with E-state index in [4.69, 9.17) is 4.74 Å². The Hall–Kier alpha value is -2.44. The van der Waals surface area contributed by atoms with Crippen LogP contribution in [0.25, 0.3) is 0 Å². The minimum Gasteiger partial charge on any atom is -0.378 e. The fourth-order valence-electron chi connectivity index (χ4n) is 4.61. The lowest BCUT2D eigenvalue weighted by Crippen LogP contribution is -2.35. The van der Waals surface area contributed by atoms with Crippen LogP contribution in [0.15, 0.2) is 53.4 Å². The SMILES string of the molecule is CO[C@@H]1CN(C)C[C@H]1Nc1ccc(S(=O)(=O)N(C)CC2(c3ccccc3)CC2)cc1C#N. The van der Waals surface area contributed by atoms with Gasteiger partial charge in [-0.2, -0.15) is 5.26 Å². The predicted molar refractivity (Wildman–Crippen MR) is 124 cm³/mol. The summed E-state index contributed by atoms with van der Waals surface area (Å²) in [6.45, 7) is 2.01. The lowest BCUT2D eigenvalue weighted by molar-refractivity contribution is 0.104. The number of hydrogen-bond acceptors (Lipinski definition) is 6. The molecule has 2 aromatic rings. The van der Waals surface area contributed by atoms with Gasteiger partial charge in [0.2, 0.25) is 10.0 Å². The van der Waals surface area contributed by atoms with E-state index in [1.54, 1.807) is 26.3 Å². The maximum atomic E-state index is 13.3. The van der Waals surface area contributed by atoms with Crippen LogP contribution < -0.4 is 5.32 Å². The minimum absolute atomic E-state index is 0.00815. The van der Waals surface area contributed by atoms with Crippen LogP contribution in [-0.2, 0) is 20.2 Å². The molecule has 1 aliphatic carbocycles. The quantitative estimate of drug-likeness (QED) is 0.660. The third kappa shape index (κ3) is 4.39. The molecular weight excluding hydrogens is 424 g/mol. The van der Waals surface area contributed by atoms with Crippen LogP contribution in [0, 0.1) is 11.3 Å². The van der Waals surface area contributed by atoms with E-state index in [2.05, 4.69) is 28.4 Å². The third-order valence-corrected chi connectivity index (χ3v) is 8.48. The van der Waals surface area contributed by atoms with Crippen molar-refractivity contribution in [2.75, 3.05) is 46.2 Å². The number of ether oxygens (including phenoxy) is 1. The van der Waals surface area contributed by atoms with Gasteiger partial charge in [0.1, 0.15) is 6.07 Å². The Morgan fingerprint density at radius 3 is 2.56 bits per heavy atom. The number of benzene rings is 2. The molecule has 1 heterocycles. The molecule has 2 aromatic carbocycles. The first kappa shape index (κ1) is 22.7. The Labute approximate surface area is 190 Å². The van der Waals surface area contributed by atoms with Crippen LogP contribution in [0.3, 0.4) is 0 Å². The standard InChI is InChI=1S/C24H30N4O3S/c1-27-15-22(23(16-27)31-3)26-21-10-9-20(13-18(21)14-25)32(29,30)28(2)17-24(11-12-24)19-7-5-4-6-8-19/h4-10,13,22-23,26H,11-12,15-17H2,1-3H3/t22-,23-/m1/s1. The summed E-state index contributed by atoms with van der Waals surface area (Å²) in [6, 6.07) is 17.0. The van der Waals surface area contributed by atoms with Crippen molar-refractivity contribution in [2.24, 2.45) is 0 Å². The zero-order valence-corrected chi connectivity index (χ0v) is 19.6. The Balaban J connectivity index is 1.53. The van der Waals surface area contributed by atoms with E-state index in [-0.39, 0.29) is 22.5 Å². The predicted octanol–water partition coefficient (Wildman–Crippen LogP) is 2.65. The fourth-order valence-corrected chi connectivity index (χ4v) is 5.90. The van der Waals surface area contributed by atoms with Gasteiger partial charge in [-0.1, -0.05) is 30.3 Å². The molecule has 170 valence electrons. The van der Waals surface area contributed by atoms with Gasteiger partial charge in [0.25, 0.3) is 0 Å². The molecule has 1 saturated carbocycles. The molecule has 32 heavy (non-hydrogen) atoms. The summed E-state index contributed by atoms with van der Waals surface area (Å²) in [6.07, 6.45) is 1.95. The van der Waals surface area contributed by atoms with Crippen molar-refractivity contribution < 1.29 is 13.2 Å². The highest BCUT2D eigenvalue weighted by atomic mass is 32.2. The summed E-state index contributed by atoms with van der Waals surface area (Å²) >= 11 is 0. The van der Waals surface area contributed by atoms with E-state index in [9.17, 15) is 13.7 Å². The van der Waals surface area contributed by atoms with Gasteiger partial charge in [0.15, 0.2) is 0 Å². The molecule has 2 atom stereocenters. The van der Waals surface area contributed by atoms with Crippen LogP contribution >= 0.6 is 0 Å². The first-order valence-corrected chi connectivity index (χ1v) is 12.3. The number of nitrogens with zero attached hydrogens (tertiary/aromatic N) is 3. The van der Waals surface area contributed by atoms with Crippen LogP contribution in [0.1, 0.15) is 24.0 Å². The Morgan fingerprint density at radius 2 is 1.94 bits per heavy atom. The number of rotatable bonds is 8. The molecule has 0 radical (unpaired) electrons. The molecule has 4 rings (SSSR count). The van der Waals surface area contributed by atoms with E-state index in [1.165, 1.54) is 15.9 Å². The van der Waals surface area contributed by atoms with Crippen molar-refractivity contribution in [3.8, 4) is 6.07 Å². The maximum absolute atomic E-state index is 13.3.